The SMILES string of the molecule is COc1ccc(C(=O)NN=C(C)CC(=O)Nc2cc(C(F)(F)F)ccc2Cl)cc1OC. The van der Waals surface area contributed by atoms with Crippen molar-refractivity contribution in [2.45, 2.75) is 19.5 Å². The third-order valence-electron chi connectivity index (χ3n) is 3.98. The van der Waals surface area contributed by atoms with Gasteiger partial charge in [0, 0.05) is 11.3 Å². The Bertz CT molecular complexity index is 1010. The Balaban J connectivity index is 2.01. The van der Waals surface area contributed by atoms with Gasteiger partial charge in [0.2, 0.25) is 5.91 Å². The minimum atomic E-state index is -4.57. The first-order valence-corrected chi connectivity index (χ1v) is 9.15. The molecule has 2 amide bonds. The van der Waals surface area contributed by atoms with Crippen molar-refractivity contribution < 1.29 is 32.2 Å². The molecule has 0 saturated carbocycles. The largest absolute Gasteiger partial charge is 0.493 e. The average molecular weight is 458 g/mol. The summed E-state index contributed by atoms with van der Waals surface area (Å²) in [4.78, 5) is 24.4. The molecule has 0 atom stereocenters. The normalized spacial score (nSPS) is 11.6. The second-order valence-corrected chi connectivity index (χ2v) is 6.68. The van der Waals surface area contributed by atoms with Crippen LogP contribution in [-0.2, 0) is 11.0 Å². The molecule has 0 aliphatic heterocycles. The minimum absolute atomic E-state index is 0.0438. The third kappa shape index (κ3) is 6.61. The zero-order valence-electron chi connectivity index (χ0n) is 16.8. The molecule has 7 nitrogen and oxygen atoms in total. The number of amides is 2. The van der Waals surface area contributed by atoms with Gasteiger partial charge in [0.05, 0.1) is 36.9 Å². The lowest BCUT2D eigenvalue weighted by Gasteiger charge is -2.11. The van der Waals surface area contributed by atoms with E-state index < -0.39 is 23.6 Å². The maximum atomic E-state index is 12.8. The molecule has 0 aliphatic rings. The Morgan fingerprint density at radius 1 is 1.06 bits per heavy atom. The molecule has 0 unspecified atom stereocenters. The summed E-state index contributed by atoms with van der Waals surface area (Å²) in [7, 11) is 2.89. The number of hydrazone groups is 1. The summed E-state index contributed by atoms with van der Waals surface area (Å²) in [6, 6.07) is 7.12. The number of hydrogen-bond acceptors (Lipinski definition) is 5. The number of carbonyl (C=O) groups excluding carboxylic acids is 2. The van der Waals surface area contributed by atoms with Crippen LogP contribution in [0.1, 0.15) is 29.3 Å². The van der Waals surface area contributed by atoms with Gasteiger partial charge in [-0.2, -0.15) is 18.3 Å². The van der Waals surface area contributed by atoms with Gasteiger partial charge in [-0.25, -0.2) is 5.43 Å². The summed E-state index contributed by atoms with van der Waals surface area (Å²) in [6.45, 7) is 1.47. The number of nitrogens with one attached hydrogen (secondary N) is 2. The third-order valence-corrected chi connectivity index (χ3v) is 4.31. The highest BCUT2D eigenvalue weighted by Gasteiger charge is 2.31. The second-order valence-electron chi connectivity index (χ2n) is 6.28. The van der Waals surface area contributed by atoms with Crippen molar-refractivity contribution in [3.63, 3.8) is 0 Å². The highest BCUT2D eigenvalue weighted by atomic mass is 35.5. The van der Waals surface area contributed by atoms with Crippen molar-refractivity contribution >= 4 is 34.8 Å². The molecule has 0 aromatic heterocycles. The summed E-state index contributed by atoms with van der Waals surface area (Å²) in [6.07, 6.45) is -4.85. The number of methoxy groups -OCH3 is 2. The molecular formula is C20H19ClF3N3O4. The molecule has 0 heterocycles. The molecule has 0 aliphatic carbocycles. The maximum absolute atomic E-state index is 12.8. The summed E-state index contributed by atoms with van der Waals surface area (Å²) in [5, 5.41) is 6.09. The van der Waals surface area contributed by atoms with Gasteiger partial charge in [-0.15, -0.1) is 0 Å². The summed E-state index contributed by atoms with van der Waals surface area (Å²) in [5.74, 6) is -0.402. The van der Waals surface area contributed by atoms with Crippen LogP contribution in [0.15, 0.2) is 41.5 Å². The highest BCUT2D eigenvalue weighted by Crippen LogP contribution is 2.33. The molecule has 2 aromatic rings. The number of carbonyl (C=O) groups is 2. The zero-order chi connectivity index (χ0) is 23.2. The zero-order valence-corrected chi connectivity index (χ0v) is 17.5. The first-order chi connectivity index (χ1) is 14.5. The van der Waals surface area contributed by atoms with Crippen LogP contribution in [0.2, 0.25) is 5.02 Å². The molecule has 31 heavy (non-hydrogen) atoms. The molecule has 166 valence electrons. The van der Waals surface area contributed by atoms with Gasteiger partial charge in [-0.3, -0.25) is 9.59 Å². The quantitative estimate of drug-likeness (QED) is 0.473. The molecule has 0 spiro atoms. The number of alkyl halides is 3. The molecular weight excluding hydrogens is 439 g/mol. The highest BCUT2D eigenvalue weighted by molar-refractivity contribution is 6.33. The smallest absolute Gasteiger partial charge is 0.416 e. The number of halogens is 4. The lowest BCUT2D eigenvalue weighted by Crippen LogP contribution is -2.21. The predicted molar refractivity (Wildman–Crippen MR) is 110 cm³/mol. The van der Waals surface area contributed by atoms with E-state index in [0.29, 0.717) is 11.5 Å². The Hall–Kier alpha value is -3.27. The van der Waals surface area contributed by atoms with E-state index >= 15 is 0 Å². The van der Waals surface area contributed by atoms with Crippen LogP contribution in [0.3, 0.4) is 0 Å². The molecule has 0 bridgehead atoms. The fourth-order valence-corrected chi connectivity index (χ4v) is 2.62. The van der Waals surface area contributed by atoms with Gasteiger partial charge in [-0.1, -0.05) is 11.6 Å². The first-order valence-electron chi connectivity index (χ1n) is 8.77. The van der Waals surface area contributed by atoms with E-state index in [-0.39, 0.29) is 28.4 Å². The number of anilines is 1. The van der Waals surface area contributed by atoms with Gasteiger partial charge in [0.25, 0.3) is 5.91 Å². The lowest BCUT2D eigenvalue weighted by atomic mass is 10.2. The maximum Gasteiger partial charge on any atom is 0.416 e. The van der Waals surface area contributed by atoms with Crippen LogP contribution in [-0.4, -0.2) is 31.7 Å². The van der Waals surface area contributed by atoms with E-state index in [4.69, 9.17) is 21.1 Å². The molecule has 2 rings (SSSR count). The number of ether oxygens (including phenoxy) is 2. The number of hydrogen-bond donors (Lipinski definition) is 2. The van der Waals surface area contributed by atoms with Gasteiger partial charge in [-0.05, 0) is 43.3 Å². The van der Waals surface area contributed by atoms with Crippen LogP contribution in [0.4, 0.5) is 18.9 Å². The molecule has 0 fully saturated rings. The Kier molecular flexibility index (Phi) is 7.87. The molecule has 2 N–H and O–H groups in total. The van der Waals surface area contributed by atoms with Crippen molar-refractivity contribution in [1.82, 2.24) is 5.43 Å². The Labute approximate surface area is 181 Å². The van der Waals surface area contributed by atoms with Gasteiger partial charge in [0.1, 0.15) is 0 Å². The van der Waals surface area contributed by atoms with Crippen molar-refractivity contribution in [3.8, 4) is 11.5 Å². The van der Waals surface area contributed by atoms with E-state index in [1.54, 1.807) is 6.07 Å². The van der Waals surface area contributed by atoms with Crippen LogP contribution in [0, 0.1) is 0 Å². The lowest BCUT2D eigenvalue weighted by molar-refractivity contribution is -0.137. The minimum Gasteiger partial charge on any atom is -0.493 e. The second kappa shape index (κ2) is 10.2. The number of benzene rings is 2. The van der Waals surface area contributed by atoms with E-state index in [1.165, 1.54) is 33.3 Å². The topological polar surface area (TPSA) is 89.0 Å². The molecule has 0 radical (unpaired) electrons. The Morgan fingerprint density at radius 2 is 1.74 bits per heavy atom. The summed E-state index contributed by atoms with van der Waals surface area (Å²) in [5.41, 5.74) is 1.64. The van der Waals surface area contributed by atoms with Crippen LogP contribution < -0.4 is 20.2 Å². The van der Waals surface area contributed by atoms with Crippen LogP contribution in [0.5, 0.6) is 11.5 Å². The van der Waals surface area contributed by atoms with E-state index in [2.05, 4.69) is 15.8 Å². The predicted octanol–water partition coefficient (Wildman–Crippen LogP) is 4.51. The fourth-order valence-electron chi connectivity index (χ4n) is 2.45. The van der Waals surface area contributed by atoms with E-state index in [0.717, 1.165) is 18.2 Å². The molecule has 0 saturated heterocycles. The van der Waals surface area contributed by atoms with Crippen molar-refractivity contribution in [2.75, 3.05) is 19.5 Å². The van der Waals surface area contributed by atoms with Crippen LogP contribution >= 0.6 is 11.6 Å². The number of nitrogens with zero attached hydrogens (tertiary/aromatic N) is 1. The van der Waals surface area contributed by atoms with E-state index in [9.17, 15) is 22.8 Å². The van der Waals surface area contributed by atoms with Crippen molar-refractivity contribution in [3.05, 3.63) is 52.5 Å². The van der Waals surface area contributed by atoms with Gasteiger partial charge >= 0.3 is 6.18 Å². The van der Waals surface area contributed by atoms with Crippen LogP contribution in [0.25, 0.3) is 0 Å². The average Bonchev–Trinajstić information content (AvgIpc) is 2.72. The molecule has 2 aromatic carbocycles. The summed E-state index contributed by atoms with van der Waals surface area (Å²) >= 11 is 5.86. The fraction of sp³-hybridized carbons (Fsp3) is 0.250. The van der Waals surface area contributed by atoms with Crippen molar-refractivity contribution in [2.24, 2.45) is 5.10 Å². The van der Waals surface area contributed by atoms with E-state index in [1.807, 2.05) is 0 Å². The standard InChI is InChI=1S/C20H19ClF3N3O4/c1-11(26-27-19(29)12-4-7-16(30-2)17(9-12)31-3)8-18(28)25-15-10-13(20(22,23)24)5-6-14(15)21/h4-7,9-10H,8H2,1-3H3,(H,25,28)(H,27,29). The monoisotopic (exact) mass is 457 g/mol. The van der Waals surface area contributed by atoms with Crippen molar-refractivity contribution in [1.29, 1.82) is 0 Å². The Morgan fingerprint density at radius 3 is 2.35 bits per heavy atom. The number of rotatable bonds is 7. The van der Waals surface area contributed by atoms with Gasteiger partial charge < -0.3 is 14.8 Å². The molecule has 11 heteroatoms. The van der Waals surface area contributed by atoms with Gasteiger partial charge in [0.15, 0.2) is 11.5 Å². The first kappa shape index (κ1) is 24.0. The summed E-state index contributed by atoms with van der Waals surface area (Å²) < 4.78 is 48.7.